The Balaban J connectivity index is 1.05. The van der Waals surface area contributed by atoms with Gasteiger partial charge in [-0.2, -0.15) is 0 Å². The first-order valence-electron chi connectivity index (χ1n) is 24.0. The quantitative estimate of drug-likeness (QED) is 0.109. The number of hydrogen-bond acceptors (Lipinski definition) is 1. The summed E-state index contributed by atoms with van der Waals surface area (Å²) >= 11 is 0. The highest BCUT2D eigenvalue weighted by molar-refractivity contribution is 6.12. The zero-order valence-electron chi connectivity index (χ0n) is 38.4. The minimum Gasteiger partial charge on any atom is -0.332 e. The molecule has 326 valence electrons. The van der Waals surface area contributed by atoms with Crippen LogP contribution in [0.1, 0.15) is 30.0 Å². The van der Waals surface area contributed by atoms with Crippen LogP contribution in [0.3, 0.4) is 0 Å². The van der Waals surface area contributed by atoms with E-state index in [-0.39, 0.29) is 0 Å². The lowest BCUT2D eigenvalue weighted by atomic mass is 9.77. The number of fused-ring (bicyclic) bond motifs is 8. The average Bonchev–Trinajstić information content (AvgIpc) is 3.74. The van der Waals surface area contributed by atoms with Crippen LogP contribution in [0.2, 0.25) is 0 Å². The standard InChI is InChI=1S/C67H48N2/c1-67(69(57-23-6-3-7-24-57)59-34-32-48-19-9-11-22-51(48)41-59)44-55(40-56(45-67)64(38-46-16-4-2-5-17-46)53-30-28-47-18-8-10-21-50(47)39-53)52-33-36-63-62-26-14-15-27-65(62)68(66(63)43-52)58-35-37-61-54(42-58)31-29-49-20-12-13-25-60(49)61/h2-44H,45H2,1H3/b64-38+. The topological polar surface area (TPSA) is 8.17 Å². The Hall–Kier alpha value is -8.72. The van der Waals surface area contributed by atoms with Crippen molar-refractivity contribution in [2.75, 3.05) is 4.90 Å². The van der Waals surface area contributed by atoms with Gasteiger partial charge >= 0.3 is 0 Å². The number of nitrogens with zero attached hydrogens (tertiary/aromatic N) is 2. The van der Waals surface area contributed by atoms with Crippen LogP contribution in [0.25, 0.3) is 87.8 Å². The summed E-state index contributed by atoms with van der Waals surface area (Å²) in [4.78, 5) is 2.57. The first-order valence-corrected chi connectivity index (χ1v) is 24.0. The van der Waals surface area contributed by atoms with E-state index in [2.05, 4.69) is 277 Å². The highest BCUT2D eigenvalue weighted by Crippen LogP contribution is 2.47. The molecule has 0 spiro atoms. The van der Waals surface area contributed by atoms with Crippen molar-refractivity contribution in [3.63, 3.8) is 0 Å². The lowest BCUT2D eigenvalue weighted by Crippen LogP contribution is -2.43. The molecule has 0 saturated heterocycles. The van der Waals surface area contributed by atoms with Crippen LogP contribution in [0, 0.1) is 0 Å². The van der Waals surface area contributed by atoms with E-state index < -0.39 is 5.54 Å². The first kappa shape index (κ1) is 40.5. The molecule has 2 heteroatoms. The molecule has 11 aromatic carbocycles. The van der Waals surface area contributed by atoms with Crippen LogP contribution < -0.4 is 4.90 Å². The lowest BCUT2D eigenvalue weighted by molar-refractivity contribution is 0.564. The highest BCUT2D eigenvalue weighted by Gasteiger charge is 2.37. The number of anilines is 2. The molecule has 1 atom stereocenters. The molecule has 12 aromatic rings. The Labute approximate surface area is 402 Å². The van der Waals surface area contributed by atoms with Crippen LogP contribution in [-0.4, -0.2) is 10.1 Å². The van der Waals surface area contributed by atoms with E-state index >= 15 is 0 Å². The molecular weight excluding hydrogens is 833 g/mol. The molecule has 0 aliphatic heterocycles. The predicted octanol–water partition coefficient (Wildman–Crippen LogP) is 17.9. The zero-order valence-corrected chi connectivity index (χ0v) is 38.4. The van der Waals surface area contributed by atoms with Gasteiger partial charge in [0.05, 0.1) is 16.6 Å². The van der Waals surface area contributed by atoms with Crippen molar-refractivity contribution in [2.45, 2.75) is 18.9 Å². The molecule has 0 amide bonds. The van der Waals surface area contributed by atoms with Crippen molar-refractivity contribution in [1.82, 2.24) is 4.57 Å². The highest BCUT2D eigenvalue weighted by atomic mass is 15.2. The molecule has 0 saturated carbocycles. The average molecular weight is 881 g/mol. The molecule has 1 aliphatic carbocycles. The second-order valence-electron chi connectivity index (χ2n) is 18.8. The zero-order chi connectivity index (χ0) is 45.9. The maximum Gasteiger partial charge on any atom is 0.0654 e. The van der Waals surface area contributed by atoms with Crippen LogP contribution >= 0.6 is 0 Å². The maximum absolute atomic E-state index is 2.57. The predicted molar refractivity (Wildman–Crippen MR) is 296 cm³/mol. The van der Waals surface area contributed by atoms with E-state index in [1.165, 1.54) is 98.3 Å². The Morgan fingerprint density at radius 1 is 0.449 bits per heavy atom. The van der Waals surface area contributed by atoms with Gasteiger partial charge in [-0.1, -0.05) is 200 Å². The monoisotopic (exact) mass is 880 g/mol. The van der Waals surface area contributed by atoms with Gasteiger partial charge in [0, 0.05) is 34.3 Å². The van der Waals surface area contributed by atoms with Gasteiger partial charge in [0.25, 0.3) is 0 Å². The molecule has 1 unspecified atom stereocenters. The number of benzene rings is 11. The van der Waals surface area contributed by atoms with E-state index in [4.69, 9.17) is 0 Å². The third-order valence-electron chi connectivity index (χ3n) is 14.4. The van der Waals surface area contributed by atoms with Crippen LogP contribution in [-0.2, 0) is 0 Å². The Morgan fingerprint density at radius 2 is 1.04 bits per heavy atom. The summed E-state index contributed by atoms with van der Waals surface area (Å²) in [7, 11) is 0. The van der Waals surface area contributed by atoms with Crippen molar-refractivity contribution in [3.05, 3.63) is 277 Å². The van der Waals surface area contributed by atoms with Crippen LogP contribution in [0.15, 0.2) is 260 Å². The molecule has 69 heavy (non-hydrogen) atoms. The molecular formula is C67H48N2. The number of rotatable bonds is 8. The summed E-state index contributed by atoms with van der Waals surface area (Å²) in [5, 5.41) is 12.4. The number of hydrogen-bond donors (Lipinski definition) is 0. The fourth-order valence-electron chi connectivity index (χ4n) is 11.2. The fraction of sp³-hybridized carbons (Fsp3) is 0.0448. The lowest BCUT2D eigenvalue weighted by Gasteiger charge is -2.44. The summed E-state index contributed by atoms with van der Waals surface area (Å²) in [6.07, 6.45) is 8.17. The molecule has 2 nitrogen and oxygen atoms in total. The fourth-order valence-corrected chi connectivity index (χ4v) is 11.2. The smallest absolute Gasteiger partial charge is 0.0654 e. The van der Waals surface area contributed by atoms with Gasteiger partial charge in [-0.25, -0.2) is 0 Å². The van der Waals surface area contributed by atoms with Gasteiger partial charge in [0.15, 0.2) is 0 Å². The minimum absolute atomic E-state index is 0.515. The normalized spacial score (nSPS) is 15.3. The summed E-state index contributed by atoms with van der Waals surface area (Å²) in [6, 6.07) is 89.2. The van der Waals surface area contributed by atoms with Crippen molar-refractivity contribution in [1.29, 1.82) is 0 Å². The SMILES string of the molecule is CC1(N(c2ccccc2)c2ccc3ccccc3c2)C=C(c2ccc3c4ccccc4n(-c4ccc5c(ccc6ccccc65)c4)c3c2)C=C(/C(=C/c2ccccc2)c2ccc3ccccc3c2)C1. The van der Waals surface area contributed by atoms with Crippen molar-refractivity contribution in [3.8, 4) is 5.69 Å². The van der Waals surface area contributed by atoms with E-state index in [0.717, 1.165) is 23.5 Å². The molecule has 1 aliphatic rings. The van der Waals surface area contributed by atoms with Crippen LogP contribution in [0.5, 0.6) is 0 Å². The second-order valence-corrected chi connectivity index (χ2v) is 18.8. The van der Waals surface area contributed by atoms with Gasteiger partial charge in [-0.15, -0.1) is 0 Å². The van der Waals surface area contributed by atoms with E-state index in [1.54, 1.807) is 0 Å². The molecule has 1 heterocycles. The van der Waals surface area contributed by atoms with Crippen molar-refractivity contribution >= 4 is 93.5 Å². The molecule has 13 rings (SSSR count). The van der Waals surface area contributed by atoms with E-state index in [9.17, 15) is 0 Å². The third kappa shape index (κ3) is 7.21. The Morgan fingerprint density at radius 3 is 1.84 bits per heavy atom. The minimum atomic E-state index is -0.515. The first-order chi connectivity index (χ1) is 34.0. The summed E-state index contributed by atoms with van der Waals surface area (Å²) in [6.45, 7) is 2.43. The molecule has 1 aromatic heterocycles. The molecule has 0 fully saturated rings. The summed E-state index contributed by atoms with van der Waals surface area (Å²) in [5.74, 6) is 0. The molecule has 0 bridgehead atoms. The van der Waals surface area contributed by atoms with E-state index in [1.807, 2.05) is 0 Å². The molecule has 0 N–H and O–H groups in total. The maximum atomic E-state index is 2.57. The third-order valence-corrected chi connectivity index (χ3v) is 14.4. The Kier molecular flexibility index (Phi) is 9.73. The van der Waals surface area contributed by atoms with E-state index in [0.29, 0.717) is 0 Å². The van der Waals surface area contributed by atoms with Crippen LogP contribution in [0.4, 0.5) is 11.4 Å². The van der Waals surface area contributed by atoms with Gasteiger partial charge in [0.2, 0.25) is 0 Å². The van der Waals surface area contributed by atoms with Gasteiger partial charge in [-0.05, 0) is 144 Å². The van der Waals surface area contributed by atoms with Gasteiger partial charge in [-0.3, -0.25) is 0 Å². The summed E-state index contributed by atoms with van der Waals surface area (Å²) in [5.41, 5.74) is 12.5. The largest absolute Gasteiger partial charge is 0.332 e. The number of aromatic nitrogens is 1. The number of allylic oxidation sites excluding steroid dienone is 3. The van der Waals surface area contributed by atoms with Crippen molar-refractivity contribution in [2.24, 2.45) is 0 Å². The molecule has 0 radical (unpaired) electrons. The van der Waals surface area contributed by atoms with Crippen molar-refractivity contribution < 1.29 is 0 Å². The van der Waals surface area contributed by atoms with Gasteiger partial charge < -0.3 is 9.47 Å². The Bertz CT molecular complexity index is 4060. The second kappa shape index (κ2) is 16.6. The van der Waals surface area contributed by atoms with Gasteiger partial charge in [0.1, 0.15) is 0 Å². The number of para-hydroxylation sites is 2. The summed E-state index contributed by atoms with van der Waals surface area (Å²) < 4.78 is 2.47.